The van der Waals surface area contributed by atoms with Gasteiger partial charge in [0.05, 0.1) is 5.75 Å². The number of ether oxygens (including phenoxy) is 1. The quantitative estimate of drug-likeness (QED) is 0.798. The summed E-state index contributed by atoms with van der Waals surface area (Å²) in [7, 11) is 0. The smallest absolute Gasteiger partial charge is 0.387 e. The molecule has 0 atom stereocenters. The predicted octanol–water partition coefficient (Wildman–Crippen LogP) is 2.50. The summed E-state index contributed by atoms with van der Waals surface area (Å²) in [5.41, 5.74) is 0.164. The molecule has 0 unspecified atom stereocenters. The molecule has 1 aromatic carbocycles. The summed E-state index contributed by atoms with van der Waals surface area (Å²) in [6.07, 6.45) is 0. The van der Waals surface area contributed by atoms with Crippen LogP contribution in [0.2, 0.25) is 0 Å². The molecule has 0 saturated carbocycles. The van der Waals surface area contributed by atoms with Gasteiger partial charge in [-0.1, -0.05) is 23.1 Å². The first-order valence-electron chi connectivity index (χ1n) is 6.26. The number of nitrogens with one attached hydrogen (secondary N) is 1. The van der Waals surface area contributed by atoms with Gasteiger partial charge in [-0.2, -0.15) is 8.78 Å². The number of thioether (sulfide) groups is 1. The Bertz CT molecular complexity index is 692. The number of rotatable bonds is 6. The van der Waals surface area contributed by atoms with Gasteiger partial charge < -0.3 is 4.74 Å². The summed E-state index contributed by atoms with van der Waals surface area (Å²) in [5.74, 6) is -1.15. The molecule has 0 spiro atoms. The van der Waals surface area contributed by atoms with Gasteiger partial charge in [-0.25, -0.2) is 0 Å². The highest BCUT2D eigenvalue weighted by Crippen LogP contribution is 2.21. The van der Waals surface area contributed by atoms with Crippen LogP contribution in [-0.2, 0) is 4.79 Å². The molecule has 0 aliphatic carbocycles. The number of imide groups is 1. The Morgan fingerprint density at radius 2 is 2.00 bits per heavy atom. The zero-order chi connectivity index (χ0) is 16.8. The Morgan fingerprint density at radius 3 is 2.57 bits per heavy atom. The van der Waals surface area contributed by atoms with Gasteiger partial charge in [-0.05, 0) is 31.2 Å². The van der Waals surface area contributed by atoms with Gasteiger partial charge in [0, 0.05) is 5.56 Å². The molecule has 0 radical (unpaired) electrons. The zero-order valence-corrected chi connectivity index (χ0v) is 13.4. The van der Waals surface area contributed by atoms with E-state index in [0.717, 1.165) is 5.01 Å². The minimum absolute atomic E-state index is 0.0208. The third-order valence-electron chi connectivity index (χ3n) is 2.43. The number of benzene rings is 1. The number of nitrogens with zero attached hydrogens (tertiary/aromatic N) is 2. The summed E-state index contributed by atoms with van der Waals surface area (Å²) in [6, 6.07) is 5.04. The number of alkyl halides is 2. The fourth-order valence-electron chi connectivity index (χ4n) is 1.49. The number of carbonyl (C=O) groups is 2. The van der Waals surface area contributed by atoms with Crippen LogP contribution in [0.15, 0.2) is 28.6 Å². The summed E-state index contributed by atoms with van der Waals surface area (Å²) in [4.78, 5) is 23.5. The van der Waals surface area contributed by atoms with Crippen molar-refractivity contribution < 1.29 is 23.1 Å². The van der Waals surface area contributed by atoms with Gasteiger partial charge in [-0.15, -0.1) is 10.2 Å². The molecule has 6 nitrogen and oxygen atoms in total. The van der Waals surface area contributed by atoms with E-state index in [-0.39, 0.29) is 17.1 Å². The number of hydrogen-bond acceptors (Lipinski definition) is 7. The molecule has 0 bridgehead atoms. The van der Waals surface area contributed by atoms with Gasteiger partial charge in [0.1, 0.15) is 10.8 Å². The van der Waals surface area contributed by atoms with E-state index in [0.29, 0.717) is 4.34 Å². The highest BCUT2D eigenvalue weighted by atomic mass is 32.2. The van der Waals surface area contributed by atoms with E-state index in [1.807, 2.05) is 0 Å². The number of aryl methyl sites for hydroxylation is 1. The van der Waals surface area contributed by atoms with Crippen molar-refractivity contribution in [3.63, 3.8) is 0 Å². The molecule has 0 saturated heterocycles. The van der Waals surface area contributed by atoms with Crippen molar-refractivity contribution in [2.75, 3.05) is 5.75 Å². The fourth-order valence-corrected chi connectivity index (χ4v) is 3.10. The lowest BCUT2D eigenvalue weighted by atomic mass is 10.2. The molecular formula is C13H11F2N3O3S2. The van der Waals surface area contributed by atoms with Crippen molar-refractivity contribution in [1.82, 2.24) is 15.5 Å². The number of aromatic nitrogens is 2. The molecule has 122 valence electrons. The van der Waals surface area contributed by atoms with Gasteiger partial charge in [0.25, 0.3) is 5.91 Å². The Labute approximate surface area is 138 Å². The minimum Gasteiger partial charge on any atom is -0.435 e. The number of hydrogen-bond donors (Lipinski definition) is 1. The average molecular weight is 359 g/mol. The van der Waals surface area contributed by atoms with Crippen LogP contribution in [0.4, 0.5) is 8.78 Å². The third kappa shape index (κ3) is 5.57. The van der Waals surface area contributed by atoms with Crippen LogP contribution in [0.25, 0.3) is 0 Å². The minimum atomic E-state index is -2.93. The van der Waals surface area contributed by atoms with Crippen molar-refractivity contribution in [2.24, 2.45) is 0 Å². The molecule has 10 heteroatoms. The van der Waals surface area contributed by atoms with Crippen LogP contribution >= 0.6 is 23.1 Å². The number of carbonyl (C=O) groups excluding carboxylic acids is 2. The Balaban J connectivity index is 1.84. The summed E-state index contributed by atoms with van der Waals surface area (Å²) in [5, 5.41) is 10.7. The van der Waals surface area contributed by atoms with E-state index in [2.05, 4.69) is 20.3 Å². The molecule has 1 aromatic heterocycles. The van der Waals surface area contributed by atoms with E-state index in [1.54, 1.807) is 6.92 Å². The second-order valence-electron chi connectivity index (χ2n) is 4.16. The van der Waals surface area contributed by atoms with Crippen molar-refractivity contribution in [2.45, 2.75) is 17.9 Å². The molecule has 0 fully saturated rings. The van der Waals surface area contributed by atoms with Crippen LogP contribution in [0.3, 0.4) is 0 Å². The SMILES string of the molecule is Cc1nnc(SCC(=O)NC(=O)c2ccc(OC(F)F)cc2)s1. The molecule has 23 heavy (non-hydrogen) atoms. The lowest BCUT2D eigenvalue weighted by Gasteiger charge is -2.06. The summed E-state index contributed by atoms with van der Waals surface area (Å²) in [6.45, 7) is -1.13. The Hall–Kier alpha value is -2.07. The lowest BCUT2D eigenvalue weighted by Crippen LogP contribution is -2.31. The van der Waals surface area contributed by atoms with E-state index in [4.69, 9.17) is 0 Å². The first kappa shape index (κ1) is 17.3. The zero-order valence-electron chi connectivity index (χ0n) is 11.8. The van der Waals surface area contributed by atoms with Gasteiger partial charge in [0.2, 0.25) is 5.91 Å². The maximum atomic E-state index is 12.0. The highest BCUT2D eigenvalue weighted by Gasteiger charge is 2.12. The molecule has 2 rings (SSSR count). The summed E-state index contributed by atoms with van der Waals surface area (Å²) < 4.78 is 28.9. The van der Waals surface area contributed by atoms with Gasteiger partial charge in [0.15, 0.2) is 4.34 Å². The van der Waals surface area contributed by atoms with Crippen LogP contribution in [0.1, 0.15) is 15.4 Å². The predicted molar refractivity (Wildman–Crippen MR) is 80.9 cm³/mol. The van der Waals surface area contributed by atoms with Gasteiger partial charge in [-0.3, -0.25) is 14.9 Å². The van der Waals surface area contributed by atoms with Crippen molar-refractivity contribution in [3.8, 4) is 5.75 Å². The third-order valence-corrected chi connectivity index (χ3v) is 4.40. The second-order valence-corrected chi connectivity index (χ2v) is 6.56. The molecule has 1 heterocycles. The van der Waals surface area contributed by atoms with E-state index >= 15 is 0 Å². The van der Waals surface area contributed by atoms with Crippen LogP contribution in [-0.4, -0.2) is 34.4 Å². The highest BCUT2D eigenvalue weighted by molar-refractivity contribution is 8.01. The number of amides is 2. The van der Waals surface area contributed by atoms with E-state index in [1.165, 1.54) is 47.4 Å². The van der Waals surface area contributed by atoms with Crippen molar-refractivity contribution >= 4 is 34.9 Å². The summed E-state index contributed by atoms with van der Waals surface area (Å²) >= 11 is 2.53. The van der Waals surface area contributed by atoms with Crippen LogP contribution < -0.4 is 10.1 Å². The molecule has 2 aromatic rings. The monoisotopic (exact) mass is 359 g/mol. The van der Waals surface area contributed by atoms with Crippen molar-refractivity contribution in [3.05, 3.63) is 34.8 Å². The van der Waals surface area contributed by atoms with E-state index < -0.39 is 18.4 Å². The normalized spacial score (nSPS) is 10.6. The average Bonchev–Trinajstić information content (AvgIpc) is 2.91. The molecular weight excluding hydrogens is 348 g/mol. The largest absolute Gasteiger partial charge is 0.435 e. The van der Waals surface area contributed by atoms with E-state index in [9.17, 15) is 18.4 Å². The lowest BCUT2D eigenvalue weighted by molar-refractivity contribution is -0.117. The van der Waals surface area contributed by atoms with Crippen LogP contribution in [0, 0.1) is 6.92 Å². The van der Waals surface area contributed by atoms with Crippen LogP contribution in [0.5, 0.6) is 5.75 Å². The maximum Gasteiger partial charge on any atom is 0.387 e. The number of halogens is 2. The maximum absolute atomic E-state index is 12.0. The standard InChI is InChI=1S/C13H11F2N3O3S2/c1-7-17-18-13(23-7)22-6-10(19)16-11(20)8-2-4-9(5-3-8)21-12(14)15/h2-5,12H,6H2,1H3,(H,16,19,20). The first-order valence-corrected chi connectivity index (χ1v) is 8.06. The second kappa shape index (κ2) is 7.97. The fraction of sp³-hybridized carbons (Fsp3) is 0.231. The molecule has 0 aliphatic heterocycles. The first-order chi connectivity index (χ1) is 10.9. The van der Waals surface area contributed by atoms with Gasteiger partial charge >= 0.3 is 6.61 Å². The molecule has 1 N–H and O–H groups in total. The molecule has 2 amide bonds. The Kier molecular flexibility index (Phi) is 5.99. The van der Waals surface area contributed by atoms with Crippen molar-refractivity contribution in [1.29, 1.82) is 0 Å². The Morgan fingerprint density at radius 1 is 1.30 bits per heavy atom. The topological polar surface area (TPSA) is 81.2 Å². The molecule has 0 aliphatic rings.